The van der Waals surface area contributed by atoms with E-state index in [0.717, 1.165) is 32.7 Å². The van der Waals surface area contributed by atoms with Crippen LogP contribution in [0, 0.1) is 0 Å². The van der Waals surface area contributed by atoms with Crippen molar-refractivity contribution in [2.75, 3.05) is 32.7 Å². The maximum atomic E-state index is 11.2. The number of rotatable bonds is 4. The van der Waals surface area contributed by atoms with Crippen LogP contribution in [-0.2, 0) is 9.53 Å². The van der Waals surface area contributed by atoms with Gasteiger partial charge in [0.1, 0.15) is 0 Å². The minimum atomic E-state index is -0.0847. The predicted octanol–water partition coefficient (Wildman–Crippen LogP) is 1.31. The Hall–Kier alpha value is -1.46. The van der Waals surface area contributed by atoms with Gasteiger partial charge in [-0.25, -0.2) is 0 Å². The van der Waals surface area contributed by atoms with E-state index in [0.29, 0.717) is 6.42 Å². The van der Waals surface area contributed by atoms with Crippen molar-refractivity contribution >= 4 is 5.97 Å². The highest BCUT2D eigenvalue weighted by atomic mass is 16.5. The third-order valence-corrected chi connectivity index (χ3v) is 2.78. The van der Waals surface area contributed by atoms with Gasteiger partial charge in [-0.15, -0.1) is 0 Å². The van der Waals surface area contributed by atoms with Crippen molar-refractivity contribution in [2.24, 2.45) is 0 Å². The summed E-state index contributed by atoms with van der Waals surface area (Å²) in [5, 5.41) is 3.28. The summed E-state index contributed by atoms with van der Waals surface area (Å²) in [6.45, 7) is 8.71. The van der Waals surface area contributed by atoms with Crippen molar-refractivity contribution < 1.29 is 9.53 Å². The van der Waals surface area contributed by atoms with Crippen LogP contribution in [0.1, 0.15) is 20.3 Å². The number of piperazine rings is 1. The minimum absolute atomic E-state index is 0.00511. The van der Waals surface area contributed by atoms with Crippen molar-refractivity contribution in [3.8, 4) is 0 Å². The number of hydrogen-bond donors (Lipinski definition) is 1. The van der Waals surface area contributed by atoms with Crippen molar-refractivity contribution in [1.29, 1.82) is 0 Å². The first kappa shape index (κ1) is 16.6. The molecule has 0 radical (unpaired) electrons. The molecule has 5 heteroatoms. The molecular weight excluding hydrogens is 254 g/mol. The lowest BCUT2D eigenvalue weighted by molar-refractivity contribution is -0.147. The Morgan fingerprint density at radius 3 is 2.35 bits per heavy atom. The average Bonchev–Trinajstić information content (AvgIpc) is 2.48. The van der Waals surface area contributed by atoms with Crippen LogP contribution in [0.5, 0.6) is 0 Å². The van der Waals surface area contributed by atoms with E-state index in [1.165, 1.54) is 0 Å². The van der Waals surface area contributed by atoms with Gasteiger partial charge in [-0.3, -0.25) is 9.78 Å². The second kappa shape index (κ2) is 10.3. The molecule has 0 bridgehead atoms. The summed E-state index contributed by atoms with van der Waals surface area (Å²) < 4.78 is 5.06. The van der Waals surface area contributed by atoms with E-state index in [2.05, 4.69) is 15.2 Å². The monoisotopic (exact) mass is 279 g/mol. The summed E-state index contributed by atoms with van der Waals surface area (Å²) in [7, 11) is 0. The third kappa shape index (κ3) is 8.61. The quantitative estimate of drug-likeness (QED) is 0.842. The minimum Gasteiger partial charge on any atom is -0.463 e. The molecule has 0 aliphatic carbocycles. The molecule has 112 valence electrons. The lowest BCUT2D eigenvalue weighted by Crippen LogP contribution is -2.44. The fraction of sp³-hybridized carbons (Fsp3) is 0.600. The van der Waals surface area contributed by atoms with Crippen LogP contribution in [0.3, 0.4) is 0 Å². The molecule has 0 aromatic carbocycles. The highest BCUT2D eigenvalue weighted by Gasteiger charge is 2.12. The summed E-state index contributed by atoms with van der Waals surface area (Å²) >= 11 is 0. The van der Waals surface area contributed by atoms with Crippen molar-refractivity contribution in [3.05, 3.63) is 30.6 Å². The van der Waals surface area contributed by atoms with E-state index in [9.17, 15) is 4.79 Å². The molecule has 5 nitrogen and oxygen atoms in total. The van der Waals surface area contributed by atoms with Crippen molar-refractivity contribution in [1.82, 2.24) is 15.2 Å². The Morgan fingerprint density at radius 1 is 1.25 bits per heavy atom. The number of ether oxygens (including phenoxy) is 1. The van der Waals surface area contributed by atoms with Crippen LogP contribution in [0.15, 0.2) is 30.6 Å². The van der Waals surface area contributed by atoms with Gasteiger partial charge in [-0.1, -0.05) is 6.07 Å². The first-order chi connectivity index (χ1) is 9.68. The third-order valence-electron chi connectivity index (χ3n) is 2.78. The zero-order chi connectivity index (χ0) is 14.6. The number of hydrogen-bond acceptors (Lipinski definition) is 5. The van der Waals surface area contributed by atoms with Gasteiger partial charge in [-0.2, -0.15) is 0 Å². The Morgan fingerprint density at radius 2 is 1.90 bits per heavy atom. The smallest absolute Gasteiger partial charge is 0.307 e. The van der Waals surface area contributed by atoms with Gasteiger partial charge in [0.05, 0.1) is 12.5 Å². The number of carbonyl (C=O) groups excluding carboxylic acids is 1. The fourth-order valence-electron chi connectivity index (χ4n) is 1.82. The van der Waals surface area contributed by atoms with Gasteiger partial charge in [0.15, 0.2) is 0 Å². The lowest BCUT2D eigenvalue weighted by atomic mass is 10.3. The molecule has 20 heavy (non-hydrogen) atoms. The number of nitrogens with zero attached hydrogens (tertiary/aromatic N) is 2. The molecule has 0 atom stereocenters. The number of nitrogens with one attached hydrogen (secondary N) is 1. The summed E-state index contributed by atoms with van der Waals surface area (Å²) in [5.74, 6) is -0.0847. The van der Waals surface area contributed by atoms with Crippen LogP contribution < -0.4 is 5.32 Å². The van der Waals surface area contributed by atoms with Gasteiger partial charge in [0, 0.05) is 45.1 Å². The second-order valence-corrected chi connectivity index (χ2v) is 4.90. The Labute approximate surface area is 121 Å². The largest absolute Gasteiger partial charge is 0.463 e. The van der Waals surface area contributed by atoms with E-state index >= 15 is 0 Å². The van der Waals surface area contributed by atoms with Gasteiger partial charge in [0.2, 0.25) is 0 Å². The molecule has 1 aliphatic heterocycles. The van der Waals surface area contributed by atoms with Crippen LogP contribution in [0.2, 0.25) is 0 Å². The van der Waals surface area contributed by atoms with E-state index in [4.69, 9.17) is 4.74 Å². The van der Waals surface area contributed by atoms with Gasteiger partial charge in [0.25, 0.3) is 0 Å². The summed E-state index contributed by atoms with van der Waals surface area (Å²) in [4.78, 5) is 17.3. The van der Waals surface area contributed by atoms with Crippen LogP contribution >= 0.6 is 0 Å². The summed E-state index contributed by atoms with van der Waals surface area (Å²) in [5.41, 5.74) is 0. The zero-order valence-corrected chi connectivity index (χ0v) is 12.4. The van der Waals surface area contributed by atoms with E-state index in [1.807, 2.05) is 32.0 Å². The fourth-order valence-corrected chi connectivity index (χ4v) is 1.82. The Bertz CT molecular complexity index is 325. The van der Waals surface area contributed by atoms with Crippen LogP contribution in [0.25, 0.3) is 0 Å². The Balaban J connectivity index is 0.000000276. The first-order valence-electron chi connectivity index (χ1n) is 7.16. The SMILES string of the molecule is CC(C)OC(=O)CCN1CCNCC1.c1ccncc1. The first-order valence-corrected chi connectivity index (χ1v) is 7.16. The second-order valence-electron chi connectivity index (χ2n) is 4.90. The molecule has 1 fully saturated rings. The summed E-state index contributed by atoms with van der Waals surface area (Å²) in [6.07, 6.45) is 4.02. The number of esters is 1. The number of carbonyl (C=O) groups is 1. The van der Waals surface area contributed by atoms with Gasteiger partial charge in [-0.05, 0) is 26.0 Å². The molecule has 1 aromatic heterocycles. The molecule has 2 heterocycles. The molecule has 2 rings (SSSR count). The molecule has 1 aromatic rings. The molecule has 0 spiro atoms. The molecule has 0 unspecified atom stereocenters. The number of pyridine rings is 1. The average molecular weight is 279 g/mol. The van der Waals surface area contributed by atoms with E-state index < -0.39 is 0 Å². The van der Waals surface area contributed by atoms with E-state index in [1.54, 1.807) is 12.4 Å². The predicted molar refractivity (Wildman–Crippen MR) is 79.4 cm³/mol. The van der Waals surface area contributed by atoms with Crippen molar-refractivity contribution in [3.63, 3.8) is 0 Å². The van der Waals surface area contributed by atoms with Gasteiger partial charge >= 0.3 is 5.97 Å². The standard InChI is InChI=1S/C10H20N2O2.C5H5N/c1-9(2)14-10(13)3-6-12-7-4-11-5-8-12;1-2-4-6-5-3-1/h9,11H,3-8H2,1-2H3;1-5H. The highest BCUT2D eigenvalue weighted by molar-refractivity contribution is 5.69. The Kier molecular flexibility index (Phi) is 8.58. The molecule has 1 aliphatic rings. The maximum Gasteiger partial charge on any atom is 0.307 e. The molecule has 1 N–H and O–H groups in total. The normalized spacial score (nSPS) is 15.3. The van der Waals surface area contributed by atoms with Crippen LogP contribution in [0.4, 0.5) is 0 Å². The molecule has 0 saturated carbocycles. The van der Waals surface area contributed by atoms with E-state index in [-0.39, 0.29) is 12.1 Å². The maximum absolute atomic E-state index is 11.2. The number of aromatic nitrogens is 1. The molecular formula is C15H25N3O2. The highest BCUT2D eigenvalue weighted by Crippen LogP contribution is 1.98. The van der Waals surface area contributed by atoms with Crippen molar-refractivity contribution in [2.45, 2.75) is 26.4 Å². The van der Waals surface area contributed by atoms with Crippen LogP contribution in [-0.4, -0.2) is 54.7 Å². The zero-order valence-electron chi connectivity index (χ0n) is 12.4. The lowest BCUT2D eigenvalue weighted by Gasteiger charge is -2.26. The topological polar surface area (TPSA) is 54.5 Å². The molecule has 1 saturated heterocycles. The molecule has 0 amide bonds. The van der Waals surface area contributed by atoms with Gasteiger partial charge < -0.3 is 15.0 Å². The summed E-state index contributed by atoms with van der Waals surface area (Å²) in [6, 6.07) is 5.72.